The fraction of sp³-hybridized carbons (Fsp3) is 1.00. The average molecular weight is 148 g/mol. The molecule has 0 atom stereocenters. The molecular weight excluding hydrogens is 132 g/mol. The van der Waals surface area contributed by atoms with Crippen LogP contribution < -0.4 is 0 Å². The van der Waals surface area contributed by atoms with Gasteiger partial charge < -0.3 is 15.3 Å². The molecule has 0 unspecified atom stereocenters. The number of hydrogen-bond donors (Lipinski definition) is 3. The van der Waals surface area contributed by atoms with Crippen LogP contribution in [0.15, 0.2) is 0 Å². The van der Waals surface area contributed by atoms with E-state index < -0.39 is 24.2 Å². The lowest BCUT2D eigenvalue weighted by atomic mass is 9.77. The van der Waals surface area contributed by atoms with Gasteiger partial charge in [0.05, 0.1) is 13.2 Å². The van der Waals surface area contributed by atoms with Crippen LogP contribution in [-0.4, -0.2) is 34.1 Å². The summed E-state index contributed by atoms with van der Waals surface area (Å²) < 4.78 is 0. The molecule has 0 radical (unpaired) electrons. The van der Waals surface area contributed by atoms with Crippen LogP contribution in [-0.2, 0) is 0 Å². The lowest BCUT2D eigenvalue weighted by Crippen LogP contribution is -2.49. The molecule has 3 heteroatoms. The molecule has 0 aromatic heterocycles. The van der Waals surface area contributed by atoms with E-state index in [0.29, 0.717) is 0 Å². The Labute approximate surface area is 61.3 Å². The second-order valence-corrected chi connectivity index (χ2v) is 3.60. The third-order valence-electron chi connectivity index (χ3n) is 1.92. The van der Waals surface area contributed by atoms with Gasteiger partial charge in [-0.1, -0.05) is 20.8 Å². The Hall–Kier alpha value is -0.120. The van der Waals surface area contributed by atoms with Crippen molar-refractivity contribution in [2.75, 3.05) is 13.2 Å². The monoisotopic (exact) mass is 148 g/mol. The number of aliphatic hydroxyl groups excluding tert-OH is 2. The van der Waals surface area contributed by atoms with Gasteiger partial charge in [-0.15, -0.1) is 0 Å². The minimum atomic E-state index is -1.37. The summed E-state index contributed by atoms with van der Waals surface area (Å²) >= 11 is 0. The first-order valence-electron chi connectivity index (χ1n) is 3.31. The summed E-state index contributed by atoms with van der Waals surface area (Å²) in [5, 5.41) is 26.9. The van der Waals surface area contributed by atoms with Gasteiger partial charge in [-0.25, -0.2) is 0 Å². The molecule has 0 saturated heterocycles. The molecule has 0 aromatic carbocycles. The quantitative estimate of drug-likeness (QED) is 0.506. The molecule has 0 aliphatic carbocycles. The molecule has 0 aliphatic heterocycles. The molecule has 0 saturated carbocycles. The largest absolute Gasteiger partial charge is 0.393 e. The highest BCUT2D eigenvalue weighted by molar-refractivity contribution is 4.89. The molecule has 0 spiro atoms. The van der Waals surface area contributed by atoms with Gasteiger partial charge in [-0.2, -0.15) is 0 Å². The molecule has 0 rings (SSSR count). The van der Waals surface area contributed by atoms with Crippen molar-refractivity contribution in [2.24, 2.45) is 5.41 Å². The van der Waals surface area contributed by atoms with Crippen LogP contribution in [0.4, 0.5) is 0 Å². The number of rotatable bonds is 2. The van der Waals surface area contributed by atoms with Crippen LogP contribution in [0.1, 0.15) is 20.8 Å². The second-order valence-electron chi connectivity index (χ2n) is 3.60. The highest BCUT2D eigenvalue weighted by atomic mass is 16.4. The van der Waals surface area contributed by atoms with Crippen LogP contribution in [0, 0.1) is 5.41 Å². The van der Waals surface area contributed by atoms with Gasteiger partial charge >= 0.3 is 0 Å². The molecule has 62 valence electrons. The predicted molar refractivity (Wildman–Crippen MR) is 38.6 cm³/mol. The zero-order valence-electron chi connectivity index (χ0n) is 6.76. The molecule has 0 heterocycles. The minimum Gasteiger partial charge on any atom is -0.393 e. The van der Waals surface area contributed by atoms with Gasteiger partial charge in [0.25, 0.3) is 0 Å². The van der Waals surface area contributed by atoms with E-state index in [-0.39, 0.29) is 0 Å². The molecule has 0 aliphatic rings. The summed E-state index contributed by atoms with van der Waals surface area (Å²) in [6.45, 7) is 4.47. The summed E-state index contributed by atoms with van der Waals surface area (Å²) in [5.41, 5.74) is -1.86. The third kappa shape index (κ3) is 1.68. The van der Waals surface area contributed by atoms with Crippen molar-refractivity contribution in [2.45, 2.75) is 26.4 Å². The predicted octanol–water partition coefficient (Wildman–Crippen LogP) is -0.252. The van der Waals surface area contributed by atoms with Gasteiger partial charge in [0.15, 0.2) is 0 Å². The van der Waals surface area contributed by atoms with E-state index in [1.165, 1.54) is 0 Å². The highest BCUT2D eigenvalue weighted by Crippen LogP contribution is 2.28. The smallest absolute Gasteiger partial charge is 0.115 e. The molecular formula is C7H16O3. The molecule has 0 fully saturated rings. The molecule has 0 amide bonds. The van der Waals surface area contributed by atoms with Crippen molar-refractivity contribution in [3.8, 4) is 0 Å². The SMILES string of the molecule is CC(C)(C)C(O)(CO)CO. The fourth-order valence-corrected chi connectivity index (χ4v) is 0.524. The van der Waals surface area contributed by atoms with Gasteiger partial charge in [-0.3, -0.25) is 0 Å². The summed E-state index contributed by atoms with van der Waals surface area (Å²) in [7, 11) is 0. The van der Waals surface area contributed by atoms with Gasteiger partial charge in [-0.05, 0) is 5.41 Å². The third-order valence-corrected chi connectivity index (χ3v) is 1.92. The van der Waals surface area contributed by atoms with E-state index in [1.54, 1.807) is 20.8 Å². The first-order chi connectivity index (χ1) is 4.37. The van der Waals surface area contributed by atoms with E-state index >= 15 is 0 Å². The van der Waals surface area contributed by atoms with Crippen LogP contribution >= 0.6 is 0 Å². The Morgan fingerprint density at radius 3 is 1.30 bits per heavy atom. The Kier molecular flexibility index (Phi) is 2.83. The van der Waals surface area contributed by atoms with Crippen LogP contribution in [0.5, 0.6) is 0 Å². The van der Waals surface area contributed by atoms with Crippen molar-refractivity contribution in [1.29, 1.82) is 0 Å². The number of aliphatic hydroxyl groups is 3. The lowest BCUT2D eigenvalue weighted by molar-refractivity contribution is -0.124. The molecule has 3 nitrogen and oxygen atoms in total. The number of hydrogen-bond acceptors (Lipinski definition) is 3. The lowest BCUT2D eigenvalue weighted by Gasteiger charge is -2.36. The van der Waals surface area contributed by atoms with E-state index in [9.17, 15) is 5.11 Å². The minimum absolute atomic E-state index is 0.410. The first kappa shape index (κ1) is 9.88. The zero-order chi connectivity index (χ0) is 8.41. The van der Waals surface area contributed by atoms with Crippen molar-refractivity contribution >= 4 is 0 Å². The van der Waals surface area contributed by atoms with E-state index in [0.717, 1.165) is 0 Å². The summed E-state index contributed by atoms with van der Waals surface area (Å²) in [5.74, 6) is 0. The Morgan fingerprint density at radius 2 is 1.30 bits per heavy atom. The van der Waals surface area contributed by atoms with E-state index in [1.807, 2.05) is 0 Å². The summed E-state index contributed by atoms with van der Waals surface area (Å²) in [6.07, 6.45) is 0. The van der Waals surface area contributed by atoms with Gasteiger partial charge in [0.2, 0.25) is 0 Å². The van der Waals surface area contributed by atoms with E-state index in [2.05, 4.69) is 0 Å². The van der Waals surface area contributed by atoms with Crippen LogP contribution in [0.25, 0.3) is 0 Å². The standard InChI is InChI=1S/C7H16O3/c1-6(2,3)7(10,4-8)5-9/h8-10H,4-5H2,1-3H3. The van der Waals surface area contributed by atoms with Crippen molar-refractivity contribution in [3.05, 3.63) is 0 Å². The first-order valence-corrected chi connectivity index (χ1v) is 3.31. The Bertz CT molecular complexity index is 99.9. The maximum atomic E-state index is 9.47. The van der Waals surface area contributed by atoms with E-state index in [4.69, 9.17) is 10.2 Å². The van der Waals surface area contributed by atoms with Crippen molar-refractivity contribution in [3.63, 3.8) is 0 Å². The molecule has 3 N–H and O–H groups in total. The zero-order valence-corrected chi connectivity index (χ0v) is 6.76. The van der Waals surface area contributed by atoms with Gasteiger partial charge in [0, 0.05) is 0 Å². The van der Waals surface area contributed by atoms with Crippen molar-refractivity contribution < 1.29 is 15.3 Å². The van der Waals surface area contributed by atoms with Crippen molar-refractivity contribution in [1.82, 2.24) is 0 Å². The second kappa shape index (κ2) is 2.86. The maximum Gasteiger partial charge on any atom is 0.115 e. The maximum absolute atomic E-state index is 9.47. The Morgan fingerprint density at radius 1 is 1.00 bits per heavy atom. The normalized spacial score (nSPS) is 13.8. The molecule has 0 bridgehead atoms. The Balaban J connectivity index is 4.33. The summed E-state index contributed by atoms with van der Waals surface area (Å²) in [4.78, 5) is 0. The molecule has 10 heavy (non-hydrogen) atoms. The molecule has 0 aromatic rings. The average Bonchev–Trinajstić information content (AvgIpc) is 1.84. The van der Waals surface area contributed by atoms with Crippen LogP contribution in [0.3, 0.4) is 0 Å². The topological polar surface area (TPSA) is 60.7 Å². The highest BCUT2D eigenvalue weighted by Gasteiger charge is 2.38. The van der Waals surface area contributed by atoms with Gasteiger partial charge in [0.1, 0.15) is 5.60 Å². The fourth-order valence-electron chi connectivity index (χ4n) is 0.524. The van der Waals surface area contributed by atoms with Crippen LogP contribution in [0.2, 0.25) is 0 Å². The summed E-state index contributed by atoms with van der Waals surface area (Å²) in [6, 6.07) is 0.